The van der Waals surface area contributed by atoms with Crippen LogP contribution in [0.15, 0.2) is 18.2 Å². The zero-order valence-corrected chi connectivity index (χ0v) is 12.6. The van der Waals surface area contributed by atoms with Crippen molar-refractivity contribution in [2.45, 2.75) is 31.0 Å². The van der Waals surface area contributed by atoms with Crippen LogP contribution in [0.5, 0.6) is 11.5 Å². The molecule has 1 spiro atoms. The molecule has 2 fully saturated rings. The number of hydrogen-bond acceptors (Lipinski definition) is 5. The number of benzene rings is 1. The van der Waals surface area contributed by atoms with E-state index in [1.165, 1.54) is 5.75 Å². The molecule has 112 valence electrons. The minimum Gasteiger partial charge on any atom is -0.490 e. The van der Waals surface area contributed by atoms with Gasteiger partial charge in [0, 0.05) is 24.7 Å². The zero-order valence-electron chi connectivity index (χ0n) is 11.8. The lowest BCUT2D eigenvalue weighted by molar-refractivity contribution is -0.0959. The predicted molar refractivity (Wildman–Crippen MR) is 80.5 cm³/mol. The number of fused-ring (bicyclic) bond motifs is 1. The van der Waals surface area contributed by atoms with E-state index in [2.05, 4.69) is 0 Å². The van der Waals surface area contributed by atoms with Crippen LogP contribution in [0.2, 0.25) is 0 Å². The Morgan fingerprint density at radius 2 is 2.33 bits per heavy atom. The van der Waals surface area contributed by atoms with Crippen molar-refractivity contribution in [1.29, 1.82) is 0 Å². The van der Waals surface area contributed by atoms with Crippen molar-refractivity contribution in [3.63, 3.8) is 0 Å². The highest BCUT2D eigenvalue weighted by molar-refractivity contribution is 7.99. The van der Waals surface area contributed by atoms with E-state index in [4.69, 9.17) is 14.2 Å². The van der Waals surface area contributed by atoms with Gasteiger partial charge in [0.15, 0.2) is 6.61 Å². The number of thioether (sulfide) groups is 1. The van der Waals surface area contributed by atoms with Crippen molar-refractivity contribution in [1.82, 2.24) is 0 Å². The molecule has 2 atom stereocenters. The number of carbonyl (C=O) groups excluding carboxylic acids is 1. The molecule has 0 N–H and O–H groups in total. The van der Waals surface area contributed by atoms with Gasteiger partial charge in [0.05, 0.1) is 17.8 Å². The first kappa shape index (κ1) is 13.5. The summed E-state index contributed by atoms with van der Waals surface area (Å²) in [5.74, 6) is 3.74. The average molecular weight is 306 g/mol. The van der Waals surface area contributed by atoms with Crippen LogP contribution in [0.25, 0.3) is 0 Å². The van der Waals surface area contributed by atoms with Gasteiger partial charge in [-0.1, -0.05) is 0 Å². The molecular formula is C16H18O4S. The molecule has 0 aromatic heterocycles. The molecule has 0 saturated carbocycles. The van der Waals surface area contributed by atoms with Crippen LogP contribution in [0.4, 0.5) is 0 Å². The lowest BCUT2D eigenvalue weighted by Gasteiger charge is -2.37. The van der Waals surface area contributed by atoms with Crippen molar-refractivity contribution in [3.8, 4) is 11.5 Å². The molecule has 0 radical (unpaired) electrons. The van der Waals surface area contributed by atoms with Crippen LogP contribution in [-0.4, -0.2) is 42.2 Å². The van der Waals surface area contributed by atoms with Gasteiger partial charge in [0.25, 0.3) is 0 Å². The maximum Gasteiger partial charge on any atom is 0.203 e. The highest BCUT2D eigenvalue weighted by Gasteiger charge is 2.41. The molecule has 1 aromatic carbocycles. The van der Waals surface area contributed by atoms with E-state index in [-0.39, 0.29) is 24.1 Å². The summed E-state index contributed by atoms with van der Waals surface area (Å²) < 4.78 is 17.5. The summed E-state index contributed by atoms with van der Waals surface area (Å²) in [4.78, 5) is 11.6. The maximum absolute atomic E-state index is 11.6. The fraction of sp³-hybridized carbons (Fsp3) is 0.562. The van der Waals surface area contributed by atoms with Gasteiger partial charge in [-0.15, -0.1) is 0 Å². The Bertz CT molecular complexity index is 565. The van der Waals surface area contributed by atoms with Gasteiger partial charge in [-0.3, -0.25) is 4.79 Å². The van der Waals surface area contributed by atoms with Gasteiger partial charge >= 0.3 is 0 Å². The van der Waals surface area contributed by atoms with Crippen molar-refractivity contribution in [3.05, 3.63) is 23.8 Å². The highest BCUT2D eigenvalue weighted by Crippen LogP contribution is 2.39. The van der Waals surface area contributed by atoms with Crippen LogP contribution < -0.4 is 9.47 Å². The monoisotopic (exact) mass is 306 g/mol. The van der Waals surface area contributed by atoms with Crippen LogP contribution in [0, 0.1) is 0 Å². The van der Waals surface area contributed by atoms with Gasteiger partial charge in [-0.25, -0.2) is 0 Å². The molecule has 4 nitrogen and oxygen atoms in total. The Hall–Kier alpha value is -1.20. The van der Waals surface area contributed by atoms with Crippen molar-refractivity contribution in [2.75, 3.05) is 24.7 Å². The van der Waals surface area contributed by atoms with Gasteiger partial charge in [-0.05, 0) is 24.3 Å². The summed E-state index contributed by atoms with van der Waals surface area (Å²) in [5.41, 5.74) is 0.689. The van der Waals surface area contributed by atoms with Gasteiger partial charge in [0.2, 0.25) is 5.78 Å². The Morgan fingerprint density at radius 3 is 3.19 bits per heavy atom. The summed E-state index contributed by atoms with van der Waals surface area (Å²) in [7, 11) is 0. The normalized spacial score (nSPS) is 31.2. The summed E-state index contributed by atoms with van der Waals surface area (Å²) in [6.45, 7) is 0.918. The number of Topliss-reactive ketones (excluding diaryl/α,β-unsaturated/α-hetero) is 1. The third kappa shape index (κ3) is 2.53. The quantitative estimate of drug-likeness (QED) is 0.840. The first-order chi connectivity index (χ1) is 10.2. The molecule has 4 rings (SSSR count). The molecule has 1 aromatic rings. The Balaban J connectivity index is 1.47. The van der Waals surface area contributed by atoms with Crippen molar-refractivity contribution in [2.24, 2.45) is 0 Å². The summed E-state index contributed by atoms with van der Waals surface area (Å²) in [6.07, 6.45) is 3.19. The third-order valence-corrected chi connectivity index (χ3v) is 5.65. The average Bonchev–Trinajstić information content (AvgIpc) is 3.07. The van der Waals surface area contributed by atoms with Crippen LogP contribution in [-0.2, 0) is 4.74 Å². The largest absolute Gasteiger partial charge is 0.490 e. The Kier molecular flexibility index (Phi) is 3.34. The molecule has 0 aliphatic carbocycles. The summed E-state index contributed by atoms with van der Waals surface area (Å²) >= 11 is 1.97. The van der Waals surface area contributed by atoms with Crippen LogP contribution >= 0.6 is 11.8 Å². The molecule has 3 aliphatic heterocycles. The number of ketones is 1. The van der Waals surface area contributed by atoms with Gasteiger partial charge in [0.1, 0.15) is 17.6 Å². The van der Waals surface area contributed by atoms with E-state index in [0.29, 0.717) is 11.3 Å². The number of ether oxygens (including phenoxy) is 3. The fourth-order valence-electron chi connectivity index (χ4n) is 3.29. The minimum absolute atomic E-state index is 0.0246. The Labute approximate surface area is 128 Å². The van der Waals surface area contributed by atoms with E-state index in [9.17, 15) is 4.79 Å². The molecule has 2 saturated heterocycles. The minimum atomic E-state index is 0.0246. The molecule has 2 unspecified atom stereocenters. The molecule has 5 heteroatoms. The molecular weight excluding hydrogens is 288 g/mol. The van der Waals surface area contributed by atoms with E-state index in [1.54, 1.807) is 6.07 Å². The molecule has 3 heterocycles. The highest BCUT2D eigenvalue weighted by atomic mass is 32.2. The zero-order chi connectivity index (χ0) is 14.3. The second-order valence-electron chi connectivity index (χ2n) is 5.94. The number of rotatable bonds is 2. The standard InChI is InChI=1S/C16H18O4S/c17-14-9-18-15-7-11(1-2-13(14)15)20-12-3-5-19-16(8-12)4-6-21-10-16/h1-2,7,12H,3-6,8-10H2. The molecule has 0 bridgehead atoms. The van der Waals surface area contributed by atoms with Gasteiger partial charge in [-0.2, -0.15) is 11.8 Å². The van der Waals surface area contributed by atoms with E-state index >= 15 is 0 Å². The molecule has 3 aliphatic rings. The first-order valence-electron chi connectivity index (χ1n) is 7.43. The number of carbonyl (C=O) groups is 1. The van der Waals surface area contributed by atoms with E-state index in [0.717, 1.165) is 37.4 Å². The second-order valence-corrected chi connectivity index (χ2v) is 7.04. The lowest BCUT2D eigenvalue weighted by atomic mass is 9.91. The topological polar surface area (TPSA) is 44.8 Å². The van der Waals surface area contributed by atoms with Crippen molar-refractivity contribution < 1.29 is 19.0 Å². The van der Waals surface area contributed by atoms with Crippen molar-refractivity contribution >= 4 is 17.5 Å². The summed E-state index contributed by atoms with van der Waals surface area (Å²) in [6, 6.07) is 5.52. The smallest absolute Gasteiger partial charge is 0.203 e. The third-order valence-electron chi connectivity index (χ3n) is 4.43. The second kappa shape index (κ2) is 5.21. The molecule has 21 heavy (non-hydrogen) atoms. The SMILES string of the molecule is O=C1COc2cc(OC3CCOC4(CCSC4)C3)ccc21. The Morgan fingerprint density at radius 1 is 1.38 bits per heavy atom. The van der Waals surface area contributed by atoms with E-state index in [1.807, 2.05) is 23.9 Å². The first-order valence-corrected chi connectivity index (χ1v) is 8.58. The predicted octanol–water partition coefficient (Wildman–Crippen LogP) is 2.70. The fourth-order valence-corrected chi connectivity index (χ4v) is 4.66. The van der Waals surface area contributed by atoms with Crippen LogP contribution in [0.3, 0.4) is 0 Å². The van der Waals surface area contributed by atoms with Crippen LogP contribution in [0.1, 0.15) is 29.6 Å². The number of hydrogen-bond donors (Lipinski definition) is 0. The molecule has 0 amide bonds. The summed E-state index contributed by atoms with van der Waals surface area (Å²) in [5, 5.41) is 0. The lowest BCUT2D eigenvalue weighted by Crippen LogP contribution is -2.43. The van der Waals surface area contributed by atoms with E-state index < -0.39 is 0 Å². The maximum atomic E-state index is 11.6. The van der Waals surface area contributed by atoms with Gasteiger partial charge < -0.3 is 14.2 Å².